The minimum atomic E-state index is -0.399. The second kappa shape index (κ2) is 7.25. The molecule has 1 saturated carbocycles. The van der Waals surface area contributed by atoms with Crippen LogP contribution in [0, 0.1) is 5.92 Å². The van der Waals surface area contributed by atoms with E-state index in [1.165, 1.54) is 0 Å². The van der Waals surface area contributed by atoms with Crippen molar-refractivity contribution in [1.82, 2.24) is 15.1 Å². The first-order valence-electron chi connectivity index (χ1n) is 8.32. The number of nitrogens with zero attached hydrogens (tertiary/aromatic N) is 2. The molecular weight excluding hydrogens is 266 g/mol. The molecule has 2 aliphatic rings. The maximum Gasteiger partial charge on any atom is 0.244 e. The van der Waals surface area contributed by atoms with E-state index in [0.29, 0.717) is 6.04 Å². The maximum absolute atomic E-state index is 12.4. The number of carbonyl (C=O) groups excluding carboxylic acids is 2. The fraction of sp³-hybridized carbons (Fsp3) is 0.875. The number of carbonyl (C=O) groups is 2. The minimum Gasteiger partial charge on any atom is -0.344 e. The van der Waals surface area contributed by atoms with Crippen molar-refractivity contribution in [3.63, 3.8) is 0 Å². The molecule has 1 aliphatic carbocycles. The van der Waals surface area contributed by atoms with Gasteiger partial charge < -0.3 is 10.2 Å². The molecule has 120 valence electrons. The van der Waals surface area contributed by atoms with Gasteiger partial charge in [0, 0.05) is 38.1 Å². The molecule has 1 heterocycles. The molecule has 2 rings (SSSR count). The molecule has 0 aromatic heterocycles. The first-order chi connectivity index (χ1) is 9.99. The lowest BCUT2D eigenvalue weighted by Gasteiger charge is -2.38. The predicted octanol–water partition coefficient (Wildman–Crippen LogP) is 1.23. The molecule has 0 radical (unpaired) electrons. The second-order valence-electron chi connectivity index (χ2n) is 6.67. The highest BCUT2D eigenvalue weighted by molar-refractivity contribution is 5.88. The van der Waals surface area contributed by atoms with Crippen LogP contribution in [0.1, 0.15) is 46.5 Å². The molecule has 1 unspecified atom stereocenters. The van der Waals surface area contributed by atoms with Gasteiger partial charge in [-0.2, -0.15) is 0 Å². The predicted molar refractivity (Wildman–Crippen MR) is 82.9 cm³/mol. The Balaban J connectivity index is 1.78. The summed E-state index contributed by atoms with van der Waals surface area (Å²) in [5, 5.41) is 2.91. The van der Waals surface area contributed by atoms with Crippen LogP contribution in [0.5, 0.6) is 0 Å². The Bertz CT molecular complexity index is 370. The van der Waals surface area contributed by atoms with Gasteiger partial charge in [-0.05, 0) is 33.6 Å². The Hall–Kier alpha value is -1.10. The molecule has 1 saturated heterocycles. The number of rotatable bonds is 4. The highest BCUT2D eigenvalue weighted by atomic mass is 16.2. The lowest BCUT2D eigenvalue weighted by atomic mass is 10.1. The molecule has 1 N–H and O–H groups in total. The van der Waals surface area contributed by atoms with Gasteiger partial charge in [0.15, 0.2) is 0 Å². The zero-order valence-electron chi connectivity index (χ0n) is 13.6. The van der Waals surface area contributed by atoms with Gasteiger partial charge in [-0.25, -0.2) is 0 Å². The van der Waals surface area contributed by atoms with E-state index in [9.17, 15) is 9.59 Å². The Kier molecular flexibility index (Phi) is 5.62. The van der Waals surface area contributed by atoms with Gasteiger partial charge in [0.05, 0.1) is 0 Å². The molecule has 1 aliphatic heterocycles. The highest BCUT2D eigenvalue weighted by Gasteiger charge is 2.29. The summed E-state index contributed by atoms with van der Waals surface area (Å²) in [5.41, 5.74) is 0. The van der Waals surface area contributed by atoms with Crippen LogP contribution in [0.15, 0.2) is 0 Å². The first-order valence-corrected chi connectivity index (χ1v) is 8.32. The average Bonchev–Trinajstić information content (AvgIpc) is 3.00. The normalized spacial score (nSPS) is 22.6. The summed E-state index contributed by atoms with van der Waals surface area (Å²) in [6.45, 7) is 9.55. The van der Waals surface area contributed by atoms with Crippen molar-refractivity contribution in [2.45, 2.75) is 58.5 Å². The second-order valence-corrected chi connectivity index (χ2v) is 6.67. The zero-order valence-corrected chi connectivity index (χ0v) is 13.6. The van der Waals surface area contributed by atoms with E-state index in [-0.39, 0.29) is 17.7 Å². The Morgan fingerprint density at radius 3 is 2.10 bits per heavy atom. The van der Waals surface area contributed by atoms with Crippen LogP contribution >= 0.6 is 0 Å². The molecule has 2 fully saturated rings. The quantitative estimate of drug-likeness (QED) is 0.849. The van der Waals surface area contributed by atoms with Crippen molar-refractivity contribution in [2.75, 3.05) is 26.2 Å². The van der Waals surface area contributed by atoms with E-state index in [1.54, 1.807) is 0 Å². The lowest BCUT2D eigenvalue weighted by molar-refractivity contribution is -0.138. The van der Waals surface area contributed by atoms with E-state index in [2.05, 4.69) is 24.1 Å². The molecule has 0 spiro atoms. The molecule has 21 heavy (non-hydrogen) atoms. The summed E-state index contributed by atoms with van der Waals surface area (Å²) in [4.78, 5) is 28.8. The number of piperazine rings is 1. The fourth-order valence-corrected chi connectivity index (χ4v) is 3.31. The van der Waals surface area contributed by atoms with Crippen molar-refractivity contribution < 1.29 is 9.59 Å². The van der Waals surface area contributed by atoms with E-state index in [1.807, 2.05) is 11.8 Å². The van der Waals surface area contributed by atoms with E-state index < -0.39 is 6.04 Å². The highest BCUT2D eigenvalue weighted by Crippen LogP contribution is 2.24. The van der Waals surface area contributed by atoms with Crippen LogP contribution < -0.4 is 5.32 Å². The van der Waals surface area contributed by atoms with Crippen LogP contribution in [0.2, 0.25) is 0 Å². The lowest BCUT2D eigenvalue weighted by Crippen LogP contribution is -2.55. The Labute approximate surface area is 128 Å². The first kappa shape index (κ1) is 16.3. The van der Waals surface area contributed by atoms with Crippen LogP contribution in [-0.4, -0.2) is 59.9 Å². The smallest absolute Gasteiger partial charge is 0.244 e. The monoisotopic (exact) mass is 295 g/mol. The van der Waals surface area contributed by atoms with Gasteiger partial charge in [0.1, 0.15) is 6.04 Å². The molecule has 1 atom stereocenters. The number of hydrogen-bond donors (Lipinski definition) is 1. The van der Waals surface area contributed by atoms with Crippen molar-refractivity contribution >= 4 is 11.8 Å². The summed E-state index contributed by atoms with van der Waals surface area (Å²) in [6.07, 6.45) is 4.22. The van der Waals surface area contributed by atoms with Crippen molar-refractivity contribution in [3.05, 3.63) is 0 Å². The van der Waals surface area contributed by atoms with Crippen LogP contribution in [-0.2, 0) is 9.59 Å². The van der Waals surface area contributed by atoms with Crippen LogP contribution in [0.3, 0.4) is 0 Å². The molecule has 0 aromatic rings. The summed E-state index contributed by atoms with van der Waals surface area (Å²) in [6, 6.07) is 0.130. The molecular formula is C16H29N3O2. The summed E-state index contributed by atoms with van der Waals surface area (Å²) in [5.74, 6) is 0.247. The van der Waals surface area contributed by atoms with Crippen molar-refractivity contribution in [1.29, 1.82) is 0 Å². The third-order valence-corrected chi connectivity index (χ3v) is 4.81. The maximum atomic E-state index is 12.4. The standard InChI is InChI=1S/C16H29N3O2/c1-12(2)18-8-10-19(11-9-18)16(21)13(3)17-15(20)14-6-4-5-7-14/h12-14H,4-11H2,1-3H3,(H,17,20). The molecule has 0 bridgehead atoms. The average molecular weight is 295 g/mol. The minimum absolute atomic E-state index is 0.0600. The van der Waals surface area contributed by atoms with Crippen LogP contribution in [0.25, 0.3) is 0 Å². The van der Waals surface area contributed by atoms with Gasteiger partial charge in [-0.15, -0.1) is 0 Å². The molecule has 2 amide bonds. The summed E-state index contributed by atoms with van der Waals surface area (Å²) >= 11 is 0. The third-order valence-electron chi connectivity index (χ3n) is 4.81. The zero-order chi connectivity index (χ0) is 15.4. The fourth-order valence-electron chi connectivity index (χ4n) is 3.31. The van der Waals surface area contributed by atoms with Gasteiger partial charge >= 0.3 is 0 Å². The largest absolute Gasteiger partial charge is 0.344 e. The summed E-state index contributed by atoms with van der Waals surface area (Å²) in [7, 11) is 0. The van der Waals surface area contributed by atoms with Crippen molar-refractivity contribution in [3.8, 4) is 0 Å². The van der Waals surface area contributed by atoms with Gasteiger partial charge in [0.2, 0.25) is 11.8 Å². The van der Waals surface area contributed by atoms with Crippen LogP contribution in [0.4, 0.5) is 0 Å². The Morgan fingerprint density at radius 1 is 1.00 bits per heavy atom. The molecule has 5 heteroatoms. The Morgan fingerprint density at radius 2 is 1.57 bits per heavy atom. The van der Waals surface area contributed by atoms with E-state index >= 15 is 0 Å². The topological polar surface area (TPSA) is 52.7 Å². The van der Waals surface area contributed by atoms with E-state index in [0.717, 1.165) is 51.9 Å². The SMILES string of the molecule is CC(NC(=O)C1CCCC1)C(=O)N1CCN(C(C)C)CC1. The van der Waals surface area contributed by atoms with E-state index in [4.69, 9.17) is 0 Å². The number of hydrogen-bond acceptors (Lipinski definition) is 3. The van der Waals surface area contributed by atoms with Gasteiger partial charge in [0.25, 0.3) is 0 Å². The number of nitrogens with one attached hydrogen (secondary N) is 1. The van der Waals surface area contributed by atoms with Gasteiger partial charge in [-0.3, -0.25) is 14.5 Å². The van der Waals surface area contributed by atoms with Crippen molar-refractivity contribution in [2.24, 2.45) is 5.92 Å². The summed E-state index contributed by atoms with van der Waals surface area (Å²) < 4.78 is 0. The number of amides is 2. The third kappa shape index (κ3) is 4.19. The molecule has 5 nitrogen and oxygen atoms in total. The van der Waals surface area contributed by atoms with Gasteiger partial charge in [-0.1, -0.05) is 12.8 Å². The molecule has 0 aromatic carbocycles.